The lowest BCUT2D eigenvalue weighted by Crippen LogP contribution is -2.36. The normalized spacial score (nSPS) is 14.2. The van der Waals surface area contributed by atoms with Crippen molar-refractivity contribution in [1.29, 1.82) is 0 Å². The standard InChI is InChI=1S/C19H22N2O3/c1-12-9-13(2)20-19(24)17(12)11-18(23)21-7-5-14-3-4-16(22)10-15(14)6-8-21/h3-4,9-10,22H,5-8,11H2,1-2H3,(H,20,24). The number of hydrogen-bond donors (Lipinski definition) is 2. The van der Waals surface area contributed by atoms with Crippen molar-refractivity contribution in [3.05, 3.63) is 62.6 Å². The molecule has 0 spiro atoms. The van der Waals surface area contributed by atoms with Gasteiger partial charge in [0.25, 0.3) is 5.56 Å². The number of H-pyrrole nitrogens is 1. The van der Waals surface area contributed by atoms with Gasteiger partial charge >= 0.3 is 0 Å². The number of aryl methyl sites for hydroxylation is 2. The van der Waals surface area contributed by atoms with Crippen LogP contribution in [0.5, 0.6) is 5.75 Å². The van der Waals surface area contributed by atoms with E-state index in [0.717, 1.165) is 29.7 Å². The van der Waals surface area contributed by atoms with Crippen molar-refractivity contribution in [2.45, 2.75) is 33.1 Å². The first-order chi connectivity index (χ1) is 11.4. The maximum Gasteiger partial charge on any atom is 0.252 e. The van der Waals surface area contributed by atoms with Gasteiger partial charge in [-0.3, -0.25) is 9.59 Å². The number of aromatic amines is 1. The Bertz CT molecular complexity index is 839. The van der Waals surface area contributed by atoms with E-state index in [-0.39, 0.29) is 23.6 Å². The smallest absolute Gasteiger partial charge is 0.252 e. The van der Waals surface area contributed by atoms with Gasteiger partial charge in [-0.2, -0.15) is 0 Å². The number of pyridine rings is 1. The Kier molecular flexibility index (Phi) is 4.42. The number of nitrogens with one attached hydrogen (secondary N) is 1. The van der Waals surface area contributed by atoms with Gasteiger partial charge in [-0.15, -0.1) is 0 Å². The summed E-state index contributed by atoms with van der Waals surface area (Å²) >= 11 is 0. The predicted octanol–water partition coefficient (Wildman–Crippen LogP) is 1.87. The van der Waals surface area contributed by atoms with Gasteiger partial charge in [0.15, 0.2) is 0 Å². The van der Waals surface area contributed by atoms with E-state index >= 15 is 0 Å². The fraction of sp³-hybridized carbons (Fsp3) is 0.368. The zero-order valence-corrected chi connectivity index (χ0v) is 14.1. The Balaban J connectivity index is 1.74. The van der Waals surface area contributed by atoms with Crippen LogP contribution in [0.2, 0.25) is 0 Å². The average Bonchev–Trinajstić information content (AvgIpc) is 2.72. The molecule has 5 nitrogen and oxygen atoms in total. The number of nitrogens with zero attached hydrogens (tertiary/aromatic N) is 1. The van der Waals surface area contributed by atoms with Crippen molar-refractivity contribution in [1.82, 2.24) is 9.88 Å². The van der Waals surface area contributed by atoms with Crippen molar-refractivity contribution in [3.63, 3.8) is 0 Å². The van der Waals surface area contributed by atoms with Gasteiger partial charge in [0.05, 0.1) is 6.42 Å². The van der Waals surface area contributed by atoms with E-state index in [1.807, 2.05) is 30.9 Å². The highest BCUT2D eigenvalue weighted by Gasteiger charge is 2.20. The average molecular weight is 326 g/mol. The number of amides is 1. The molecule has 5 heteroatoms. The zero-order valence-electron chi connectivity index (χ0n) is 14.1. The van der Waals surface area contributed by atoms with Crippen LogP contribution in [0.15, 0.2) is 29.1 Å². The van der Waals surface area contributed by atoms with Gasteiger partial charge in [-0.25, -0.2) is 0 Å². The van der Waals surface area contributed by atoms with Crippen LogP contribution in [0, 0.1) is 13.8 Å². The molecule has 126 valence electrons. The summed E-state index contributed by atoms with van der Waals surface area (Å²) in [5, 5.41) is 9.61. The summed E-state index contributed by atoms with van der Waals surface area (Å²) in [6, 6.07) is 7.28. The largest absolute Gasteiger partial charge is 0.508 e. The Hall–Kier alpha value is -2.56. The predicted molar refractivity (Wildman–Crippen MR) is 92.3 cm³/mol. The van der Waals surface area contributed by atoms with Crippen LogP contribution in [0.3, 0.4) is 0 Å². The van der Waals surface area contributed by atoms with E-state index in [1.54, 1.807) is 12.1 Å². The number of aromatic hydroxyl groups is 1. The fourth-order valence-electron chi connectivity index (χ4n) is 3.33. The molecule has 0 saturated heterocycles. The fourth-order valence-corrected chi connectivity index (χ4v) is 3.33. The summed E-state index contributed by atoms with van der Waals surface area (Å²) in [6.45, 7) is 4.95. The Labute approximate surface area is 140 Å². The van der Waals surface area contributed by atoms with Crippen LogP contribution in [0.1, 0.15) is 27.9 Å². The van der Waals surface area contributed by atoms with Crippen LogP contribution < -0.4 is 5.56 Å². The third-order valence-electron chi connectivity index (χ3n) is 4.67. The number of carbonyl (C=O) groups is 1. The van der Waals surface area contributed by atoms with E-state index in [0.29, 0.717) is 18.7 Å². The maximum atomic E-state index is 12.7. The molecule has 2 aromatic rings. The second kappa shape index (κ2) is 6.51. The molecule has 2 N–H and O–H groups in total. The van der Waals surface area contributed by atoms with E-state index in [9.17, 15) is 14.7 Å². The lowest BCUT2D eigenvalue weighted by Gasteiger charge is -2.20. The topological polar surface area (TPSA) is 73.4 Å². The van der Waals surface area contributed by atoms with Gasteiger partial charge in [0, 0.05) is 24.3 Å². The number of fused-ring (bicyclic) bond motifs is 1. The first kappa shape index (κ1) is 16.3. The molecule has 0 radical (unpaired) electrons. The van der Waals surface area contributed by atoms with Crippen LogP contribution in [0.25, 0.3) is 0 Å². The lowest BCUT2D eigenvalue weighted by atomic mass is 10.0. The number of phenols is 1. The van der Waals surface area contributed by atoms with Crippen molar-refractivity contribution in [2.24, 2.45) is 0 Å². The molecule has 0 saturated carbocycles. The van der Waals surface area contributed by atoms with Gasteiger partial charge in [0.2, 0.25) is 5.91 Å². The number of phenolic OH excluding ortho intramolecular Hbond substituents is 1. The van der Waals surface area contributed by atoms with Gasteiger partial charge in [-0.05, 0) is 61.6 Å². The molecule has 1 aromatic carbocycles. The molecule has 1 aliphatic heterocycles. The molecule has 0 atom stereocenters. The molecule has 0 unspecified atom stereocenters. The number of carbonyl (C=O) groups excluding carboxylic acids is 1. The van der Waals surface area contributed by atoms with E-state index in [2.05, 4.69) is 4.98 Å². The minimum Gasteiger partial charge on any atom is -0.508 e. The summed E-state index contributed by atoms with van der Waals surface area (Å²) in [7, 11) is 0. The first-order valence-corrected chi connectivity index (χ1v) is 8.22. The van der Waals surface area contributed by atoms with Gasteiger partial charge in [-0.1, -0.05) is 6.07 Å². The minimum absolute atomic E-state index is 0.0236. The second-order valence-electron chi connectivity index (χ2n) is 6.45. The molecule has 2 heterocycles. The second-order valence-corrected chi connectivity index (χ2v) is 6.45. The quantitative estimate of drug-likeness (QED) is 0.885. The van der Waals surface area contributed by atoms with E-state index in [4.69, 9.17) is 0 Å². The number of benzene rings is 1. The third kappa shape index (κ3) is 3.35. The molecule has 0 fully saturated rings. The molecule has 3 rings (SSSR count). The molecule has 0 aliphatic carbocycles. The molecule has 1 amide bonds. The number of rotatable bonds is 2. The highest BCUT2D eigenvalue weighted by Crippen LogP contribution is 2.21. The summed E-state index contributed by atoms with van der Waals surface area (Å²) < 4.78 is 0. The summed E-state index contributed by atoms with van der Waals surface area (Å²) in [4.78, 5) is 29.3. The maximum absolute atomic E-state index is 12.7. The van der Waals surface area contributed by atoms with Gasteiger partial charge < -0.3 is 15.0 Å². The summed E-state index contributed by atoms with van der Waals surface area (Å²) in [5.41, 5.74) is 4.29. The van der Waals surface area contributed by atoms with Gasteiger partial charge in [0.1, 0.15) is 5.75 Å². The van der Waals surface area contributed by atoms with Crippen LogP contribution in [-0.2, 0) is 24.1 Å². The molecular weight excluding hydrogens is 304 g/mol. The highest BCUT2D eigenvalue weighted by molar-refractivity contribution is 5.79. The first-order valence-electron chi connectivity index (χ1n) is 8.22. The van der Waals surface area contributed by atoms with Crippen LogP contribution >= 0.6 is 0 Å². The van der Waals surface area contributed by atoms with Crippen molar-refractivity contribution < 1.29 is 9.90 Å². The van der Waals surface area contributed by atoms with Crippen LogP contribution in [-0.4, -0.2) is 34.0 Å². The van der Waals surface area contributed by atoms with Crippen molar-refractivity contribution >= 4 is 5.91 Å². The number of aromatic nitrogens is 1. The van der Waals surface area contributed by atoms with E-state index in [1.165, 1.54) is 5.56 Å². The van der Waals surface area contributed by atoms with E-state index < -0.39 is 0 Å². The molecular formula is C19H22N2O3. The number of hydrogen-bond acceptors (Lipinski definition) is 3. The highest BCUT2D eigenvalue weighted by atomic mass is 16.3. The molecule has 1 aromatic heterocycles. The lowest BCUT2D eigenvalue weighted by molar-refractivity contribution is -0.130. The molecule has 24 heavy (non-hydrogen) atoms. The van der Waals surface area contributed by atoms with Crippen molar-refractivity contribution in [3.8, 4) is 5.75 Å². The summed E-state index contributed by atoms with van der Waals surface area (Å²) in [6.07, 6.45) is 1.62. The van der Waals surface area contributed by atoms with Crippen molar-refractivity contribution in [2.75, 3.05) is 13.1 Å². The SMILES string of the molecule is Cc1cc(C)c(CC(=O)N2CCc3ccc(O)cc3CC2)c(=O)[nH]1. The Morgan fingerprint density at radius 2 is 1.88 bits per heavy atom. The monoisotopic (exact) mass is 326 g/mol. The zero-order chi connectivity index (χ0) is 17.3. The molecule has 0 bridgehead atoms. The molecule has 1 aliphatic rings. The Morgan fingerprint density at radius 3 is 2.58 bits per heavy atom. The Morgan fingerprint density at radius 1 is 1.17 bits per heavy atom. The summed E-state index contributed by atoms with van der Waals surface area (Å²) in [5.74, 6) is 0.236. The third-order valence-corrected chi connectivity index (χ3v) is 4.67. The van der Waals surface area contributed by atoms with Crippen LogP contribution in [0.4, 0.5) is 0 Å². The minimum atomic E-state index is -0.177.